The number of benzene rings is 1. The number of tetrazole rings is 1. The van der Waals surface area contributed by atoms with E-state index in [2.05, 4.69) is 20.6 Å². The lowest BCUT2D eigenvalue weighted by molar-refractivity contribution is 0.174. The van der Waals surface area contributed by atoms with Gasteiger partial charge in [-0.05, 0) is 34.2 Å². The third kappa shape index (κ3) is 1.58. The van der Waals surface area contributed by atoms with Crippen LogP contribution in [0.4, 0.5) is 0 Å². The van der Waals surface area contributed by atoms with Gasteiger partial charge in [-0.3, -0.25) is 0 Å². The van der Waals surface area contributed by atoms with E-state index in [1.165, 1.54) is 11.1 Å². The van der Waals surface area contributed by atoms with Crippen molar-refractivity contribution in [1.82, 2.24) is 20.3 Å². The Morgan fingerprint density at radius 1 is 1.31 bits per heavy atom. The van der Waals surface area contributed by atoms with Crippen molar-refractivity contribution in [2.24, 2.45) is 5.10 Å². The molecule has 3 rings (SSSR count). The molecule has 1 aromatic heterocycles. The first-order valence-corrected chi connectivity index (χ1v) is 4.59. The van der Waals surface area contributed by atoms with Gasteiger partial charge in [0.25, 0.3) is 0 Å². The fraction of sp³-hybridized carbons (Fsp3) is 0.111. The van der Waals surface area contributed by atoms with Gasteiger partial charge in [0.1, 0.15) is 0 Å². The molecule has 0 fully saturated rings. The summed E-state index contributed by atoms with van der Waals surface area (Å²) in [7, 11) is 0. The Kier molecular flexibility index (Phi) is 1.99. The highest BCUT2D eigenvalue weighted by molar-refractivity contribution is 5.80. The highest BCUT2D eigenvalue weighted by Crippen LogP contribution is 2.31. The van der Waals surface area contributed by atoms with Gasteiger partial charge in [0.2, 0.25) is 6.79 Å². The van der Waals surface area contributed by atoms with Crippen LogP contribution in [-0.4, -0.2) is 33.3 Å². The number of nitrogens with zero attached hydrogens (tertiary/aromatic N) is 5. The van der Waals surface area contributed by atoms with Crippen molar-refractivity contribution < 1.29 is 9.47 Å². The third-order valence-electron chi connectivity index (χ3n) is 2.06. The zero-order chi connectivity index (χ0) is 10.8. The summed E-state index contributed by atoms with van der Waals surface area (Å²) in [6.45, 7) is 0.267. The van der Waals surface area contributed by atoms with Gasteiger partial charge in [0, 0.05) is 0 Å². The van der Waals surface area contributed by atoms with Gasteiger partial charge in [-0.15, -0.1) is 9.89 Å². The Bertz CT molecular complexity index is 523. The van der Waals surface area contributed by atoms with E-state index in [0.717, 1.165) is 17.1 Å². The van der Waals surface area contributed by atoms with Gasteiger partial charge < -0.3 is 9.47 Å². The normalized spacial score (nSPS) is 13.5. The molecule has 0 amide bonds. The number of hydrogen-bond acceptors (Lipinski definition) is 6. The van der Waals surface area contributed by atoms with Crippen molar-refractivity contribution in [2.45, 2.75) is 0 Å². The van der Waals surface area contributed by atoms with Crippen LogP contribution >= 0.6 is 0 Å². The minimum absolute atomic E-state index is 0.267. The molecule has 0 N–H and O–H groups in total. The number of rotatable bonds is 2. The van der Waals surface area contributed by atoms with Crippen molar-refractivity contribution in [1.29, 1.82) is 0 Å². The van der Waals surface area contributed by atoms with Crippen LogP contribution in [0.25, 0.3) is 0 Å². The Morgan fingerprint density at radius 3 is 3.12 bits per heavy atom. The molecule has 80 valence electrons. The summed E-state index contributed by atoms with van der Waals surface area (Å²) in [5, 5.41) is 14.6. The van der Waals surface area contributed by atoms with Crippen molar-refractivity contribution in [3.8, 4) is 11.5 Å². The van der Waals surface area contributed by atoms with Crippen molar-refractivity contribution in [2.75, 3.05) is 6.79 Å². The molecule has 0 unspecified atom stereocenters. The van der Waals surface area contributed by atoms with Crippen LogP contribution in [0.1, 0.15) is 5.56 Å². The van der Waals surface area contributed by atoms with Crippen LogP contribution in [0.5, 0.6) is 11.5 Å². The summed E-state index contributed by atoms with van der Waals surface area (Å²) < 4.78 is 10.4. The van der Waals surface area contributed by atoms with Crippen LogP contribution in [0.2, 0.25) is 0 Å². The second-order valence-corrected chi connectivity index (χ2v) is 3.09. The summed E-state index contributed by atoms with van der Waals surface area (Å²) in [6.07, 6.45) is 3.04. The summed E-state index contributed by atoms with van der Waals surface area (Å²) in [5.41, 5.74) is 0.889. The average Bonchev–Trinajstić information content (AvgIpc) is 2.97. The third-order valence-corrected chi connectivity index (χ3v) is 2.06. The molecular formula is C9H7N5O2. The van der Waals surface area contributed by atoms with E-state index in [1.54, 1.807) is 6.21 Å². The second kappa shape index (κ2) is 3.61. The van der Waals surface area contributed by atoms with Crippen LogP contribution < -0.4 is 9.47 Å². The molecule has 16 heavy (non-hydrogen) atoms. The maximum absolute atomic E-state index is 5.25. The zero-order valence-electron chi connectivity index (χ0n) is 8.15. The maximum atomic E-state index is 5.25. The van der Waals surface area contributed by atoms with Gasteiger partial charge in [-0.1, -0.05) is 0 Å². The number of ether oxygens (including phenoxy) is 2. The molecule has 0 saturated heterocycles. The lowest BCUT2D eigenvalue weighted by Crippen LogP contribution is -1.93. The molecule has 7 heteroatoms. The minimum atomic E-state index is 0.267. The van der Waals surface area contributed by atoms with Crippen molar-refractivity contribution >= 4 is 6.21 Å². The fourth-order valence-corrected chi connectivity index (χ4v) is 1.33. The number of fused-ring (bicyclic) bond motifs is 1. The van der Waals surface area contributed by atoms with Crippen LogP contribution in [0, 0.1) is 0 Å². The SMILES string of the molecule is C(=N\n1cnnn1)/c1ccc2c(c1)OCO2. The van der Waals surface area contributed by atoms with Gasteiger partial charge in [-0.25, -0.2) is 0 Å². The van der Waals surface area contributed by atoms with E-state index >= 15 is 0 Å². The van der Waals surface area contributed by atoms with Crippen LogP contribution in [0.3, 0.4) is 0 Å². The van der Waals surface area contributed by atoms with E-state index in [4.69, 9.17) is 9.47 Å². The highest BCUT2D eigenvalue weighted by Gasteiger charge is 2.12. The van der Waals surface area contributed by atoms with E-state index in [9.17, 15) is 0 Å². The first kappa shape index (κ1) is 8.84. The molecule has 0 radical (unpaired) electrons. The number of aromatic nitrogens is 4. The molecule has 0 bridgehead atoms. The molecule has 0 spiro atoms. The molecule has 0 aliphatic carbocycles. The van der Waals surface area contributed by atoms with Gasteiger partial charge in [0.15, 0.2) is 17.8 Å². The van der Waals surface area contributed by atoms with E-state index in [0.29, 0.717) is 0 Å². The molecular weight excluding hydrogens is 210 g/mol. The molecule has 1 aliphatic heterocycles. The molecule has 2 heterocycles. The lowest BCUT2D eigenvalue weighted by atomic mass is 10.2. The summed E-state index contributed by atoms with van der Waals surface area (Å²) in [6, 6.07) is 5.56. The van der Waals surface area contributed by atoms with Gasteiger partial charge in [0.05, 0.1) is 6.21 Å². The smallest absolute Gasteiger partial charge is 0.231 e. The molecule has 1 aromatic carbocycles. The van der Waals surface area contributed by atoms with Crippen LogP contribution in [-0.2, 0) is 0 Å². The standard InChI is InChI=1S/C9H7N5O2/c1-2-8-9(16-6-15-8)3-7(1)4-11-14-5-10-12-13-14/h1-5H,6H2/b11-4+. The van der Waals surface area contributed by atoms with Gasteiger partial charge >= 0.3 is 0 Å². The highest BCUT2D eigenvalue weighted by atomic mass is 16.7. The van der Waals surface area contributed by atoms with E-state index in [-0.39, 0.29) is 6.79 Å². The summed E-state index contributed by atoms with van der Waals surface area (Å²) >= 11 is 0. The topological polar surface area (TPSA) is 74.4 Å². The predicted octanol–water partition coefficient (Wildman–Crippen LogP) is 0.284. The summed E-state index contributed by atoms with van der Waals surface area (Å²) in [5.74, 6) is 1.47. The van der Waals surface area contributed by atoms with E-state index in [1.807, 2.05) is 18.2 Å². The van der Waals surface area contributed by atoms with Crippen molar-refractivity contribution in [3.63, 3.8) is 0 Å². The first-order valence-electron chi connectivity index (χ1n) is 4.59. The second-order valence-electron chi connectivity index (χ2n) is 3.09. The van der Waals surface area contributed by atoms with Gasteiger partial charge in [-0.2, -0.15) is 5.10 Å². The molecule has 1 aliphatic rings. The minimum Gasteiger partial charge on any atom is -0.454 e. The monoisotopic (exact) mass is 217 g/mol. The zero-order valence-corrected chi connectivity index (χ0v) is 8.15. The molecule has 2 aromatic rings. The predicted molar refractivity (Wildman–Crippen MR) is 53.4 cm³/mol. The Labute approximate surface area is 90.3 Å². The largest absolute Gasteiger partial charge is 0.454 e. The Morgan fingerprint density at radius 2 is 2.25 bits per heavy atom. The lowest BCUT2D eigenvalue weighted by Gasteiger charge is -1.96. The fourth-order valence-electron chi connectivity index (χ4n) is 1.33. The quantitative estimate of drug-likeness (QED) is 0.675. The number of hydrogen-bond donors (Lipinski definition) is 0. The summed E-state index contributed by atoms with van der Waals surface area (Å²) in [4.78, 5) is 1.27. The first-order chi connectivity index (χ1) is 7.92. The maximum Gasteiger partial charge on any atom is 0.231 e. The molecule has 7 nitrogen and oxygen atoms in total. The Hall–Kier alpha value is -2.44. The van der Waals surface area contributed by atoms with E-state index < -0.39 is 0 Å². The van der Waals surface area contributed by atoms with Crippen LogP contribution in [0.15, 0.2) is 29.6 Å². The average molecular weight is 217 g/mol. The molecule has 0 saturated carbocycles. The molecule has 0 atom stereocenters. The Balaban J connectivity index is 1.85. The van der Waals surface area contributed by atoms with Crippen molar-refractivity contribution in [3.05, 3.63) is 30.1 Å².